The smallest absolute Gasteiger partial charge is 0.263 e. The maximum atomic E-state index is 5.93. The summed E-state index contributed by atoms with van der Waals surface area (Å²) in [4.78, 5) is 1.10. The molecule has 2 N–H and O–H groups in total. The second-order valence-corrected chi connectivity index (χ2v) is 3.89. The predicted octanol–water partition coefficient (Wildman–Crippen LogP) is 1.36. The fourth-order valence-corrected chi connectivity index (χ4v) is 1.47. The number of nitrogen functional groups attached to an aromatic ring is 1. The van der Waals surface area contributed by atoms with E-state index in [2.05, 4.69) is 27.2 Å². The highest BCUT2D eigenvalue weighted by molar-refractivity contribution is 6.30. The van der Waals surface area contributed by atoms with Gasteiger partial charge in [-0.25, -0.2) is 0 Å². The lowest BCUT2D eigenvalue weighted by Gasteiger charge is -2.06. The van der Waals surface area contributed by atoms with Crippen LogP contribution in [0.4, 0.5) is 5.95 Å². The average Bonchev–Trinajstić information content (AvgIpc) is 2.81. The zero-order valence-electron chi connectivity index (χ0n) is 9.90. The largest absolute Gasteiger partial charge is 0.489 e. The van der Waals surface area contributed by atoms with E-state index in [-0.39, 0.29) is 5.95 Å². The van der Waals surface area contributed by atoms with Gasteiger partial charge in [0.1, 0.15) is 12.4 Å². The third-order valence-electron chi connectivity index (χ3n) is 2.11. The molecular weight excluding hydrogens is 268 g/mol. The van der Waals surface area contributed by atoms with Gasteiger partial charge in [-0.05, 0) is 28.6 Å². The third-order valence-corrected chi connectivity index (χ3v) is 2.35. The summed E-state index contributed by atoms with van der Waals surface area (Å²) < 4.78 is 5.48. The van der Waals surface area contributed by atoms with Crippen LogP contribution in [0, 0.1) is 0 Å². The van der Waals surface area contributed by atoms with Crippen molar-refractivity contribution in [1.82, 2.24) is 20.3 Å². The summed E-state index contributed by atoms with van der Waals surface area (Å²) in [5.74, 6) is 0.714. The molecule has 1 heterocycles. The van der Waals surface area contributed by atoms with Gasteiger partial charge in [0.2, 0.25) is 0 Å². The Labute approximate surface area is 114 Å². The highest BCUT2D eigenvalue weighted by Crippen LogP contribution is 2.21. The Hall–Kier alpha value is -2.41. The fraction of sp³-hybridized carbons (Fsp3) is 0.0909. The molecular formula is C11H11ClN6O. The van der Waals surface area contributed by atoms with Crippen molar-refractivity contribution >= 4 is 23.8 Å². The molecule has 98 valence electrons. The Morgan fingerprint density at radius 2 is 2.37 bits per heavy atom. The van der Waals surface area contributed by atoms with Gasteiger partial charge in [-0.15, -0.1) is 0 Å². The molecule has 0 saturated heterocycles. The van der Waals surface area contributed by atoms with Crippen LogP contribution < -0.4 is 10.5 Å². The first-order valence-electron chi connectivity index (χ1n) is 5.32. The summed E-state index contributed by atoms with van der Waals surface area (Å²) in [7, 11) is 0. The summed E-state index contributed by atoms with van der Waals surface area (Å²) >= 11 is 5.93. The van der Waals surface area contributed by atoms with Crippen LogP contribution in [-0.4, -0.2) is 33.1 Å². The minimum atomic E-state index is 0.0897. The van der Waals surface area contributed by atoms with Crippen LogP contribution in [0.25, 0.3) is 0 Å². The molecule has 0 fully saturated rings. The van der Waals surface area contributed by atoms with E-state index in [0.717, 1.165) is 4.79 Å². The van der Waals surface area contributed by atoms with Crippen molar-refractivity contribution in [2.75, 3.05) is 12.3 Å². The molecule has 7 nitrogen and oxygen atoms in total. The van der Waals surface area contributed by atoms with Crippen molar-refractivity contribution in [3.05, 3.63) is 41.4 Å². The van der Waals surface area contributed by atoms with E-state index in [1.165, 1.54) is 6.21 Å². The molecule has 2 rings (SSSR count). The van der Waals surface area contributed by atoms with E-state index >= 15 is 0 Å². The molecule has 0 aliphatic heterocycles. The van der Waals surface area contributed by atoms with Gasteiger partial charge in [0.25, 0.3) is 5.95 Å². The Balaban J connectivity index is 2.27. The van der Waals surface area contributed by atoms with Crippen LogP contribution in [0.1, 0.15) is 5.56 Å². The molecule has 0 saturated carbocycles. The van der Waals surface area contributed by atoms with E-state index in [1.54, 1.807) is 24.3 Å². The second kappa shape index (κ2) is 5.96. The molecule has 0 amide bonds. The molecule has 2 aromatic rings. The quantitative estimate of drug-likeness (QED) is 0.658. The van der Waals surface area contributed by atoms with Gasteiger partial charge in [-0.1, -0.05) is 34.1 Å². The molecule has 1 aromatic carbocycles. The Morgan fingerprint density at radius 3 is 3.05 bits per heavy atom. The van der Waals surface area contributed by atoms with Gasteiger partial charge in [0, 0.05) is 10.6 Å². The van der Waals surface area contributed by atoms with Gasteiger partial charge in [0.05, 0.1) is 6.21 Å². The minimum Gasteiger partial charge on any atom is -0.489 e. The summed E-state index contributed by atoms with van der Waals surface area (Å²) in [6.07, 6.45) is 3.16. The van der Waals surface area contributed by atoms with Crippen molar-refractivity contribution in [3.63, 3.8) is 0 Å². The maximum Gasteiger partial charge on any atom is 0.263 e. The highest BCUT2D eigenvalue weighted by atomic mass is 35.5. The normalized spacial score (nSPS) is 10.8. The van der Waals surface area contributed by atoms with Crippen molar-refractivity contribution in [3.8, 4) is 5.75 Å². The van der Waals surface area contributed by atoms with E-state index in [0.29, 0.717) is 22.9 Å². The number of ether oxygens (including phenoxy) is 1. The van der Waals surface area contributed by atoms with Crippen molar-refractivity contribution in [1.29, 1.82) is 0 Å². The maximum absolute atomic E-state index is 5.93. The van der Waals surface area contributed by atoms with Crippen LogP contribution in [-0.2, 0) is 0 Å². The average molecular weight is 279 g/mol. The van der Waals surface area contributed by atoms with Crippen LogP contribution in [0.3, 0.4) is 0 Å². The van der Waals surface area contributed by atoms with Gasteiger partial charge < -0.3 is 10.5 Å². The fourth-order valence-electron chi connectivity index (χ4n) is 1.29. The summed E-state index contributed by atoms with van der Waals surface area (Å²) in [6, 6.07) is 5.18. The number of hydrogen-bond acceptors (Lipinski definition) is 6. The standard InChI is InChI=1S/C11H11ClN6O/c1-2-5-19-10-4-3-9(12)6-8(10)7-14-18-11(13)15-16-17-18/h2-4,6-7H,1,5H2,(H2,13,15,17)/b14-7+. The summed E-state index contributed by atoms with van der Waals surface area (Å²) in [5, 5.41) is 15.1. The van der Waals surface area contributed by atoms with E-state index in [9.17, 15) is 0 Å². The molecule has 0 atom stereocenters. The number of halogens is 1. The first kappa shape index (κ1) is 13.0. The molecule has 1 aromatic heterocycles. The molecule has 0 aliphatic rings. The van der Waals surface area contributed by atoms with Crippen LogP contribution >= 0.6 is 11.6 Å². The van der Waals surface area contributed by atoms with Crippen LogP contribution in [0.15, 0.2) is 36.0 Å². The second-order valence-electron chi connectivity index (χ2n) is 3.45. The number of tetrazole rings is 1. The Kier molecular flexibility index (Phi) is 4.09. The minimum absolute atomic E-state index is 0.0897. The third kappa shape index (κ3) is 3.29. The number of benzene rings is 1. The van der Waals surface area contributed by atoms with Gasteiger partial charge in [-0.3, -0.25) is 0 Å². The lowest BCUT2D eigenvalue weighted by Crippen LogP contribution is -2.01. The number of hydrogen-bond donors (Lipinski definition) is 1. The zero-order valence-corrected chi connectivity index (χ0v) is 10.7. The first-order valence-corrected chi connectivity index (χ1v) is 5.70. The van der Waals surface area contributed by atoms with Crippen molar-refractivity contribution in [2.45, 2.75) is 0 Å². The zero-order chi connectivity index (χ0) is 13.7. The van der Waals surface area contributed by atoms with Gasteiger partial charge in [-0.2, -0.15) is 5.10 Å². The number of aromatic nitrogens is 4. The Bertz CT molecular complexity index is 609. The first-order chi connectivity index (χ1) is 9.20. The molecule has 0 radical (unpaired) electrons. The molecule has 0 unspecified atom stereocenters. The van der Waals surface area contributed by atoms with Gasteiger partial charge >= 0.3 is 0 Å². The van der Waals surface area contributed by atoms with Crippen LogP contribution in [0.5, 0.6) is 5.75 Å². The number of anilines is 1. The molecule has 8 heteroatoms. The topological polar surface area (TPSA) is 91.2 Å². The lowest BCUT2D eigenvalue weighted by molar-refractivity contribution is 0.362. The summed E-state index contributed by atoms with van der Waals surface area (Å²) in [5.41, 5.74) is 6.18. The SMILES string of the molecule is C=CCOc1ccc(Cl)cc1/C=N/n1nnnc1N. The highest BCUT2D eigenvalue weighted by Gasteiger charge is 2.03. The number of nitrogens with zero attached hydrogens (tertiary/aromatic N) is 5. The number of rotatable bonds is 5. The molecule has 0 bridgehead atoms. The molecule has 19 heavy (non-hydrogen) atoms. The number of nitrogens with two attached hydrogens (primary N) is 1. The van der Waals surface area contributed by atoms with Crippen molar-refractivity contribution < 1.29 is 4.74 Å². The molecule has 0 spiro atoms. The van der Waals surface area contributed by atoms with Gasteiger partial charge in [0.15, 0.2) is 0 Å². The van der Waals surface area contributed by atoms with E-state index < -0.39 is 0 Å². The van der Waals surface area contributed by atoms with E-state index in [4.69, 9.17) is 22.1 Å². The van der Waals surface area contributed by atoms with E-state index in [1.807, 2.05) is 0 Å². The summed E-state index contributed by atoms with van der Waals surface area (Å²) in [6.45, 7) is 3.97. The van der Waals surface area contributed by atoms with Crippen molar-refractivity contribution in [2.24, 2.45) is 5.10 Å². The monoisotopic (exact) mass is 278 g/mol. The Morgan fingerprint density at radius 1 is 1.53 bits per heavy atom. The predicted molar refractivity (Wildman–Crippen MR) is 72.4 cm³/mol. The lowest BCUT2D eigenvalue weighted by atomic mass is 10.2. The molecule has 0 aliphatic carbocycles. The van der Waals surface area contributed by atoms with Crippen LogP contribution in [0.2, 0.25) is 5.02 Å².